The smallest absolute Gasteiger partial charge is 0.303 e. The molecule has 86 valence electrons. The maximum atomic E-state index is 12.7. The molecule has 0 saturated carbocycles. The van der Waals surface area contributed by atoms with E-state index in [9.17, 15) is 22.8 Å². The van der Waals surface area contributed by atoms with Gasteiger partial charge in [-0.15, -0.1) is 0 Å². The van der Waals surface area contributed by atoms with Gasteiger partial charge in [0.2, 0.25) is 0 Å². The van der Waals surface area contributed by atoms with Crippen molar-refractivity contribution >= 4 is 11.8 Å². The van der Waals surface area contributed by atoms with Crippen LogP contribution in [0.3, 0.4) is 0 Å². The summed E-state index contributed by atoms with van der Waals surface area (Å²) in [6, 6.07) is 1.09. The zero-order valence-corrected chi connectivity index (χ0v) is 7.97. The number of hydrogen-bond acceptors (Lipinski definition) is 2. The fraction of sp³-hybridized carbons (Fsp3) is 0.200. The van der Waals surface area contributed by atoms with Crippen molar-refractivity contribution < 1.29 is 27.9 Å². The van der Waals surface area contributed by atoms with Gasteiger partial charge >= 0.3 is 5.97 Å². The van der Waals surface area contributed by atoms with Crippen molar-refractivity contribution in [2.45, 2.75) is 12.8 Å². The number of halogens is 3. The summed E-state index contributed by atoms with van der Waals surface area (Å²) in [4.78, 5) is 21.4. The lowest BCUT2D eigenvalue weighted by Gasteiger charge is -2.01. The van der Waals surface area contributed by atoms with Crippen molar-refractivity contribution in [3.63, 3.8) is 0 Å². The highest BCUT2D eigenvalue weighted by molar-refractivity contribution is 5.97. The molecule has 0 aliphatic carbocycles. The van der Waals surface area contributed by atoms with E-state index in [0.717, 1.165) is 0 Å². The minimum Gasteiger partial charge on any atom is -0.481 e. The molecule has 0 saturated heterocycles. The lowest BCUT2D eigenvalue weighted by atomic mass is 10.1. The Balaban J connectivity index is 2.88. The predicted octanol–water partition coefficient (Wildman–Crippen LogP) is 2.15. The van der Waals surface area contributed by atoms with E-state index in [1.807, 2.05) is 0 Å². The Labute approximate surface area is 88.5 Å². The maximum absolute atomic E-state index is 12.7. The number of Topliss-reactive ketones (excluding diaryl/α,β-unsaturated/α-hetero) is 1. The van der Waals surface area contributed by atoms with Crippen LogP contribution in [0.25, 0.3) is 0 Å². The number of carboxylic acids is 1. The van der Waals surface area contributed by atoms with Gasteiger partial charge in [-0.2, -0.15) is 0 Å². The third kappa shape index (κ3) is 2.82. The summed E-state index contributed by atoms with van der Waals surface area (Å²) in [6.45, 7) is 0. The SMILES string of the molecule is O=C(O)CCC(=O)c1cc(F)c(F)c(F)c1. The van der Waals surface area contributed by atoms with Crippen LogP contribution < -0.4 is 0 Å². The predicted molar refractivity (Wildman–Crippen MR) is 47.5 cm³/mol. The van der Waals surface area contributed by atoms with Crippen LogP contribution in [0.5, 0.6) is 0 Å². The van der Waals surface area contributed by atoms with Crippen LogP contribution in [0, 0.1) is 17.5 Å². The number of benzene rings is 1. The number of hydrogen-bond donors (Lipinski definition) is 1. The third-order valence-electron chi connectivity index (χ3n) is 1.87. The summed E-state index contributed by atoms with van der Waals surface area (Å²) >= 11 is 0. The molecule has 3 nitrogen and oxygen atoms in total. The molecule has 0 amide bonds. The number of carbonyl (C=O) groups is 2. The molecular formula is C10H7F3O3. The molecule has 0 aliphatic rings. The Morgan fingerprint density at radius 2 is 1.56 bits per heavy atom. The topological polar surface area (TPSA) is 54.4 Å². The monoisotopic (exact) mass is 232 g/mol. The van der Waals surface area contributed by atoms with Crippen LogP contribution >= 0.6 is 0 Å². The molecule has 0 heterocycles. The van der Waals surface area contributed by atoms with E-state index in [1.165, 1.54) is 0 Å². The standard InChI is InChI=1S/C10H7F3O3/c11-6-3-5(4-7(12)10(6)13)8(14)1-2-9(15)16/h3-4H,1-2H2,(H,15,16). The Bertz CT molecular complexity index is 420. The highest BCUT2D eigenvalue weighted by Gasteiger charge is 2.15. The first-order chi connectivity index (χ1) is 7.41. The van der Waals surface area contributed by atoms with Gasteiger partial charge in [0.05, 0.1) is 6.42 Å². The van der Waals surface area contributed by atoms with Crippen LogP contribution in [0.4, 0.5) is 13.2 Å². The molecule has 1 rings (SSSR count). The van der Waals surface area contributed by atoms with E-state index >= 15 is 0 Å². The lowest BCUT2D eigenvalue weighted by Crippen LogP contribution is -2.06. The Hall–Kier alpha value is -1.85. The summed E-state index contributed by atoms with van der Waals surface area (Å²) in [5, 5.41) is 8.30. The maximum Gasteiger partial charge on any atom is 0.303 e. The number of aliphatic carboxylic acids is 1. The van der Waals surface area contributed by atoms with Crippen LogP contribution in [0.1, 0.15) is 23.2 Å². The van der Waals surface area contributed by atoms with Crippen molar-refractivity contribution in [3.8, 4) is 0 Å². The molecular weight excluding hydrogens is 225 g/mol. The summed E-state index contributed by atoms with van der Waals surface area (Å²) < 4.78 is 38.0. The van der Waals surface area contributed by atoms with Gasteiger partial charge in [-0.05, 0) is 12.1 Å². The van der Waals surface area contributed by atoms with Crippen molar-refractivity contribution in [2.24, 2.45) is 0 Å². The van der Waals surface area contributed by atoms with Gasteiger partial charge in [-0.25, -0.2) is 13.2 Å². The van der Waals surface area contributed by atoms with E-state index in [0.29, 0.717) is 12.1 Å². The number of carboxylic acid groups (broad SMARTS) is 1. The minimum absolute atomic E-state index is 0.377. The van der Waals surface area contributed by atoms with Gasteiger partial charge in [0.1, 0.15) is 0 Å². The van der Waals surface area contributed by atoms with Gasteiger partial charge < -0.3 is 5.11 Å². The summed E-state index contributed by atoms with van der Waals surface area (Å²) in [5.74, 6) is -6.55. The average Bonchev–Trinajstić information content (AvgIpc) is 2.21. The number of carbonyl (C=O) groups excluding carboxylic acids is 1. The highest BCUT2D eigenvalue weighted by Crippen LogP contribution is 2.15. The highest BCUT2D eigenvalue weighted by atomic mass is 19.2. The molecule has 6 heteroatoms. The Kier molecular flexibility index (Phi) is 3.65. The van der Waals surface area contributed by atoms with Gasteiger partial charge in [-0.1, -0.05) is 0 Å². The first-order valence-electron chi connectivity index (χ1n) is 4.31. The Morgan fingerprint density at radius 3 is 2.00 bits per heavy atom. The Morgan fingerprint density at radius 1 is 1.06 bits per heavy atom. The van der Waals surface area contributed by atoms with Gasteiger partial charge in [0.15, 0.2) is 23.2 Å². The normalized spacial score (nSPS) is 10.2. The molecule has 1 aromatic rings. The summed E-state index contributed by atoms with van der Waals surface area (Å²) in [7, 11) is 0. The first-order valence-corrected chi connectivity index (χ1v) is 4.31. The second-order valence-electron chi connectivity index (χ2n) is 3.07. The lowest BCUT2D eigenvalue weighted by molar-refractivity contribution is -0.136. The number of rotatable bonds is 4. The zero-order chi connectivity index (χ0) is 12.3. The van der Waals surface area contributed by atoms with Crippen molar-refractivity contribution in [2.75, 3.05) is 0 Å². The second kappa shape index (κ2) is 4.78. The van der Waals surface area contributed by atoms with Gasteiger partial charge in [-0.3, -0.25) is 9.59 Å². The number of ketones is 1. The molecule has 0 bridgehead atoms. The molecule has 0 unspecified atom stereocenters. The quantitative estimate of drug-likeness (QED) is 0.639. The van der Waals surface area contributed by atoms with Crippen LogP contribution in [-0.2, 0) is 4.79 Å². The molecule has 1 aromatic carbocycles. The van der Waals surface area contributed by atoms with E-state index in [1.54, 1.807) is 0 Å². The van der Waals surface area contributed by atoms with Crippen molar-refractivity contribution in [3.05, 3.63) is 35.1 Å². The summed E-state index contributed by atoms with van der Waals surface area (Å²) in [6.07, 6.45) is -0.834. The molecule has 1 N–H and O–H groups in total. The molecule has 0 fully saturated rings. The van der Waals surface area contributed by atoms with Crippen molar-refractivity contribution in [1.82, 2.24) is 0 Å². The van der Waals surface area contributed by atoms with Gasteiger partial charge in [0, 0.05) is 12.0 Å². The van der Waals surface area contributed by atoms with Crippen LogP contribution in [-0.4, -0.2) is 16.9 Å². The fourth-order valence-electron chi connectivity index (χ4n) is 1.08. The van der Waals surface area contributed by atoms with E-state index < -0.39 is 35.6 Å². The van der Waals surface area contributed by atoms with Gasteiger partial charge in [0.25, 0.3) is 0 Å². The van der Waals surface area contributed by atoms with Crippen molar-refractivity contribution in [1.29, 1.82) is 0 Å². The van der Waals surface area contributed by atoms with Crippen LogP contribution in [0.2, 0.25) is 0 Å². The van der Waals surface area contributed by atoms with E-state index in [4.69, 9.17) is 5.11 Å². The summed E-state index contributed by atoms with van der Waals surface area (Å²) in [5.41, 5.74) is -0.377. The first kappa shape index (κ1) is 12.2. The zero-order valence-electron chi connectivity index (χ0n) is 7.97. The minimum atomic E-state index is -1.66. The average molecular weight is 232 g/mol. The second-order valence-corrected chi connectivity index (χ2v) is 3.07. The van der Waals surface area contributed by atoms with E-state index in [-0.39, 0.29) is 12.0 Å². The molecule has 0 spiro atoms. The fourth-order valence-corrected chi connectivity index (χ4v) is 1.08. The molecule has 0 aliphatic heterocycles. The third-order valence-corrected chi connectivity index (χ3v) is 1.87. The molecule has 16 heavy (non-hydrogen) atoms. The molecule has 0 radical (unpaired) electrons. The molecule has 0 atom stereocenters. The molecule has 0 aromatic heterocycles. The van der Waals surface area contributed by atoms with E-state index in [2.05, 4.69) is 0 Å². The largest absolute Gasteiger partial charge is 0.481 e. The van der Waals surface area contributed by atoms with Crippen LogP contribution in [0.15, 0.2) is 12.1 Å².